The number of rotatable bonds is 6. The second-order valence-electron chi connectivity index (χ2n) is 3.18. The van der Waals surface area contributed by atoms with Crippen LogP contribution in [0.3, 0.4) is 0 Å². The van der Waals surface area contributed by atoms with E-state index in [0.717, 1.165) is 24.0 Å². The van der Waals surface area contributed by atoms with Gasteiger partial charge in [-0.2, -0.15) is 0 Å². The lowest BCUT2D eigenvalue weighted by atomic mass is 10.4. The fraction of sp³-hybridized carbons (Fsp3) is 0.500. The van der Waals surface area contributed by atoms with Crippen molar-refractivity contribution in [2.24, 2.45) is 0 Å². The van der Waals surface area contributed by atoms with Gasteiger partial charge in [0.2, 0.25) is 5.91 Å². The van der Waals surface area contributed by atoms with Gasteiger partial charge >= 0.3 is 0 Å². The molecule has 0 fully saturated rings. The predicted molar refractivity (Wildman–Crippen MR) is 67.0 cm³/mol. The lowest BCUT2D eigenvalue weighted by molar-refractivity contribution is -0.120. The molecule has 0 spiro atoms. The number of amides is 1. The highest BCUT2D eigenvalue weighted by molar-refractivity contribution is 9.10. The molecule has 0 aliphatic carbocycles. The summed E-state index contributed by atoms with van der Waals surface area (Å²) in [6.07, 6.45) is 0.976. The molecule has 0 aliphatic heterocycles. The predicted octanol–water partition coefficient (Wildman–Crippen LogP) is 2.13. The molecule has 1 aromatic rings. The molecule has 0 atom stereocenters. The van der Waals surface area contributed by atoms with Crippen molar-refractivity contribution >= 4 is 33.2 Å². The Morgan fingerprint density at radius 1 is 1.60 bits per heavy atom. The molecule has 1 heterocycles. The van der Waals surface area contributed by atoms with Gasteiger partial charge in [0.1, 0.15) is 0 Å². The maximum Gasteiger partial charge on any atom is 0.233 e. The van der Waals surface area contributed by atoms with E-state index >= 15 is 0 Å². The van der Waals surface area contributed by atoms with Gasteiger partial charge in [-0.05, 0) is 28.4 Å². The highest BCUT2D eigenvalue weighted by Crippen LogP contribution is 2.19. The molecule has 0 saturated carbocycles. The van der Waals surface area contributed by atoms with Gasteiger partial charge in [0.25, 0.3) is 0 Å². The Morgan fingerprint density at radius 3 is 3.00 bits per heavy atom. The zero-order valence-corrected chi connectivity index (χ0v) is 11.1. The lowest BCUT2D eigenvalue weighted by Gasteiger charge is -2.04. The lowest BCUT2D eigenvalue weighted by Crippen LogP contribution is -2.33. The second kappa shape index (κ2) is 6.98. The number of halogens is 1. The van der Waals surface area contributed by atoms with E-state index in [2.05, 4.69) is 32.6 Å². The van der Waals surface area contributed by atoms with Gasteiger partial charge in [-0.1, -0.05) is 6.92 Å². The van der Waals surface area contributed by atoms with Gasteiger partial charge in [-0.3, -0.25) is 4.79 Å². The van der Waals surface area contributed by atoms with Crippen molar-refractivity contribution in [3.63, 3.8) is 0 Å². The fourth-order valence-corrected chi connectivity index (χ4v) is 2.49. The van der Waals surface area contributed by atoms with Gasteiger partial charge in [0.15, 0.2) is 0 Å². The number of thiophene rings is 1. The Bertz CT molecular complexity index is 314. The molecule has 0 bridgehead atoms. The summed E-state index contributed by atoms with van der Waals surface area (Å²) in [5.74, 6) is 0.0625. The van der Waals surface area contributed by atoms with E-state index in [9.17, 15) is 4.79 Å². The van der Waals surface area contributed by atoms with Crippen molar-refractivity contribution in [1.29, 1.82) is 0 Å². The molecule has 1 rings (SSSR count). The van der Waals surface area contributed by atoms with Gasteiger partial charge in [-0.25, -0.2) is 0 Å². The Hall–Kier alpha value is -0.390. The van der Waals surface area contributed by atoms with E-state index < -0.39 is 0 Å². The second-order valence-corrected chi connectivity index (χ2v) is 5.10. The molecule has 84 valence electrons. The average molecular weight is 291 g/mol. The van der Waals surface area contributed by atoms with Gasteiger partial charge < -0.3 is 10.6 Å². The van der Waals surface area contributed by atoms with Crippen LogP contribution in [0.2, 0.25) is 0 Å². The summed E-state index contributed by atoms with van der Waals surface area (Å²) >= 11 is 5.07. The SMILES string of the molecule is CCCNC(=O)CNCc1cc(Br)cs1. The molecule has 3 nitrogen and oxygen atoms in total. The van der Waals surface area contributed by atoms with E-state index in [1.807, 2.05) is 12.3 Å². The third-order valence-electron chi connectivity index (χ3n) is 1.78. The van der Waals surface area contributed by atoms with Crippen LogP contribution >= 0.6 is 27.3 Å². The summed E-state index contributed by atoms with van der Waals surface area (Å²) in [7, 11) is 0. The number of hydrogen-bond donors (Lipinski definition) is 2. The first-order valence-corrected chi connectivity index (χ1v) is 6.60. The van der Waals surface area contributed by atoms with E-state index in [4.69, 9.17) is 0 Å². The topological polar surface area (TPSA) is 41.1 Å². The molecular weight excluding hydrogens is 276 g/mol. The van der Waals surface area contributed by atoms with Crippen LogP contribution in [0.4, 0.5) is 0 Å². The molecule has 0 saturated heterocycles. The summed E-state index contributed by atoms with van der Waals surface area (Å²) < 4.78 is 1.10. The number of hydrogen-bond acceptors (Lipinski definition) is 3. The van der Waals surface area contributed by atoms with Crippen LogP contribution in [0.25, 0.3) is 0 Å². The molecule has 0 unspecified atom stereocenters. The quantitative estimate of drug-likeness (QED) is 0.843. The van der Waals surface area contributed by atoms with Crippen LogP contribution < -0.4 is 10.6 Å². The zero-order valence-electron chi connectivity index (χ0n) is 8.68. The monoisotopic (exact) mass is 290 g/mol. The smallest absolute Gasteiger partial charge is 0.233 e. The third-order valence-corrected chi connectivity index (χ3v) is 3.48. The number of carbonyl (C=O) groups excluding carboxylic acids is 1. The van der Waals surface area contributed by atoms with Crippen molar-refractivity contribution in [2.75, 3.05) is 13.1 Å². The first kappa shape index (κ1) is 12.7. The maximum absolute atomic E-state index is 11.2. The molecular formula is C10H15BrN2OS. The van der Waals surface area contributed by atoms with Crippen LogP contribution in [-0.4, -0.2) is 19.0 Å². The Kier molecular flexibility index (Phi) is 5.90. The molecule has 15 heavy (non-hydrogen) atoms. The number of carbonyl (C=O) groups is 1. The highest BCUT2D eigenvalue weighted by atomic mass is 79.9. The molecule has 1 aromatic heterocycles. The van der Waals surface area contributed by atoms with Crippen LogP contribution in [0.1, 0.15) is 18.2 Å². The minimum atomic E-state index is 0.0625. The van der Waals surface area contributed by atoms with Crippen molar-refractivity contribution in [2.45, 2.75) is 19.9 Å². The molecule has 5 heteroatoms. The zero-order chi connectivity index (χ0) is 11.1. The first-order chi connectivity index (χ1) is 7.22. The summed E-state index contributed by atoms with van der Waals surface area (Å²) in [6, 6.07) is 2.06. The van der Waals surface area contributed by atoms with E-state index in [0.29, 0.717) is 6.54 Å². The first-order valence-electron chi connectivity index (χ1n) is 4.92. The van der Waals surface area contributed by atoms with Crippen molar-refractivity contribution in [3.05, 3.63) is 20.8 Å². The summed E-state index contributed by atoms with van der Waals surface area (Å²) in [5, 5.41) is 7.95. The summed E-state index contributed by atoms with van der Waals surface area (Å²) in [4.78, 5) is 12.4. The van der Waals surface area contributed by atoms with Crippen molar-refractivity contribution in [1.82, 2.24) is 10.6 Å². The van der Waals surface area contributed by atoms with Crippen LogP contribution in [0, 0.1) is 0 Å². The fourth-order valence-electron chi connectivity index (χ4n) is 1.07. The molecule has 0 aliphatic rings. The largest absolute Gasteiger partial charge is 0.355 e. The van der Waals surface area contributed by atoms with Gasteiger partial charge in [0.05, 0.1) is 6.54 Å². The standard InChI is InChI=1S/C10H15BrN2OS/c1-2-3-13-10(14)6-12-5-9-4-8(11)7-15-9/h4,7,12H,2-3,5-6H2,1H3,(H,13,14). The molecule has 0 radical (unpaired) electrons. The van der Waals surface area contributed by atoms with Crippen LogP contribution in [0.15, 0.2) is 15.9 Å². The molecule has 1 amide bonds. The Labute approximate surface area is 102 Å². The van der Waals surface area contributed by atoms with E-state index in [1.165, 1.54) is 4.88 Å². The summed E-state index contributed by atoms with van der Waals surface area (Å²) in [6.45, 7) is 3.92. The normalized spacial score (nSPS) is 10.3. The Morgan fingerprint density at radius 2 is 2.40 bits per heavy atom. The van der Waals surface area contributed by atoms with Crippen LogP contribution in [-0.2, 0) is 11.3 Å². The number of nitrogens with one attached hydrogen (secondary N) is 2. The van der Waals surface area contributed by atoms with Crippen molar-refractivity contribution in [3.8, 4) is 0 Å². The van der Waals surface area contributed by atoms with Crippen molar-refractivity contribution < 1.29 is 4.79 Å². The van der Waals surface area contributed by atoms with Gasteiger partial charge in [-0.15, -0.1) is 11.3 Å². The molecule has 0 aromatic carbocycles. The minimum absolute atomic E-state index is 0.0625. The van der Waals surface area contributed by atoms with E-state index in [-0.39, 0.29) is 5.91 Å². The highest BCUT2D eigenvalue weighted by Gasteiger charge is 2.00. The van der Waals surface area contributed by atoms with Crippen LogP contribution in [0.5, 0.6) is 0 Å². The minimum Gasteiger partial charge on any atom is -0.355 e. The van der Waals surface area contributed by atoms with E-state index in [1.54, 1.807) is 11.3 Å². The average Bonchev–Trinajstić information content (AvgIpc) is 2.61. The maximum atomic E-state index is 11.2. The third kappa shape index (κ3) is 5.30. The molecule has 2 N–H and O–H groups in total. The summed E-state index contributed by atoms with van der Waals surface area (Å²) in [5.41, 5.74) is 0. The Balaban J connectivity index is 2.13. The van der Waals surface area contributed by atoms with Gasteiger partial charge in [0, 0.05) is 27.8 Å².